The van der Waals surface area contributed by atoms with Crippen LogP contribution >= 0.6 is 0 Å². The molecule has 0 spiro atoms. The first-order valence-electron chi connectivity index (χ1n) is 12.4. The van der Waals surface area contributed by atoms with Gasteiger partial charge in [0.25, 0.3) is 0 Å². The van der Waals surface area contributed by atoms with E-state index in [1.165, 1.54) is 50.2 Å². The van der Waals surface area contributed by atoms with Gasteiger partial charge in [-0.2, -0.15) is 4.39 Å². The molecule has 174 valence electrons. The Labute approximate surface area is 191 Å². The lowest BCUT2D eigenvalue weighted by Gasteiger charge is -2.38. The minimum Gasteiger partial charge on any atom is -0.491 e. The van der Waals surface area contributed by atoms with Crippen molar-refractivity contribution >= 4 is 0 Å². The highest BCUT2D eigenvalue weighted by atomic mass is 19.2. The molecule has 0 N–H and O–H groups in total. The maximum Gasteiger partial charge on any atom is 0.201 e. The molecule has 1 saturated heterocycles. The summed E-state index contributed by atoms with van der Waals surface area (Å²) in [6.07, 6.45) is 10.7. The van der Waals surface area contributed by atoms with E-state index in [-0.39, 0.29) is 11.3 Å². The molecule has 2 fully saturated rings. The number of benzene rings is 2. The van der Waals surface area contributed by atoms with Gasteiger partial charge in [-0.15, -0.1) is 0 Å². The molecule has 2 aromatic rings. The largest absolute Gasteiger partial charge is 0.491 e. The second-order valence-electron chi connectivity index (χ2n) is 9.51. The van der Waals surface area contributed by atoms with Crippen molar-refractivity contribution in [2.75, 3.05) is 13.2 Å². The summed E-state index contributed by atoms with van der Waals surface area (Å²) in [6, 6.07) is 10.9. The monoisotopic (exact) mass is 442 g/mol. The molecule has 32 heavy (non-hydrogen) atoms. The smallest absolute Gasteiger partial charge is 0.201 e. The maximum atomic E-state index is 14.5. The van der Waals surface area contributed by atoms with E-state index in [0.29, 0.717) is 24.2 Å². The van der Waals surface area contributed by atoms with Crippen molar-refractivity contribution < 1.29 is 18.3 Å². The van der Waals surface area contributed by atoms with Gasteiger partial charge < -0.3 is 9.47 Å². The van der Waals surface area contributed by atoms with Crippen molar-refractivity contribution in [1.82, 2.24) is 0 Å². The zero-order valence-corrected chi connectivity index (χ0v) is 19.4. The molecule has 2 aliphatic rings. The Balaban J connectivity index is 1.34. The molecule has 0 aromatic heterocycles. The van der Waals surface area contributed by atoms with Crippen molar-refractivity contribution in [3.8, 4) is 16.9 Å². The highest BCUT2D eigenvalue weighted by Crippen LogP contribution is 2.39. The lowest BCUT2D eigenvalue weighted by Crippen LogP contribution is -2.33. The van der Waals surface area contributed by atoms with Gasteiger partial charge in [0.05, 0.1) is 19.3 Å². The first kappa shape index (κ1) is 23.2. The molecule has 2 nitrogen and oxygen atoms in total. The summed E-state index contributed by atoms with van der Waals surface area (Å²) in [5.41, 5.74) is 2.15. The summed E-state index contributed by atoms with van der Waals surface area (Å²) >= 11 is 0. The fourth-order valence-electron chi connectivity index (χ4n) is 5.62. The van der Waals surface area contributed by atoms with Gasteiger partial charge in [0.15, 0.2) is 11.6 Å². The fourth-order valence-corrected chi connectivity index (χ4v) is 5.62. The highest BCUT2D eigenvalue weighted by Gasteiger charge is 2.32. The van der Waals surface area contributed by atoms with Crippen molar-refractivity contribution in [2.24, 2.45) is 11.8 Å². The maximum absolute atomic E-state index is 14.5. The Morgan fingerprint density at radius 2 is 1.62 bits per heavy atom. The average molecular weight is 443 g/mol. The number of halogens is 2. The van der Waals surface area contributed by atoms with Crippen LogP contribution in [-0.4, -0.2) is 19.3 Å². The zero-order chi connectivity index (χ0) is 22.5. The highest BCUT2D eigenvalue weighted by molar-refractivity contribution is 5.65. The Morgan fingerprint density at radius 3 is 2.25 bits per heavy atom. The molecule has 1 heterocycles. The quantitative estimate of drug-likeness (QED) is 0.434. The van der Waals surface area contributed by atoms with E-state index in [2.05, 4.69) is 6.92 Å². The Hall–Kier alpha value is -1.94. The van der Waals surface area contributed by atoms with Crippen LogP contribution in [0.4, 0.5) is 8.78 Å². The van der Waals surface area contributed by atoms with Crippen molar-refractivity contribution in [2.45, 2.75) is 77.2 Å². The fraction of sp³-hybridized carbons (Fsp3) is 0.571. The van der Waals surface area contributed by atoms with E-state index in [0.717, 1.165) is 31.3 Å². The molecule has 4 heteroatoms. The van der Waals surface area contributed by atoms with Gasteiger partial charge in [-0.05, 0) is 67.7 Å². The van der Waals surface area contributed by atoms with Crippen LogP contribution in [0.3, 0.4) is 0 Å². The Morgan fingerprint density at radius 1 is 0.875 bits per heavy atom. The summed E-state index contributed by atoms with van der Waals surface area (Å²) in [5, 5.41) is 0. The number of hydrogen-bond acceptors (Lipinski definition) is 2. The molecule has 2 atom stereocenters. The topological polar surface area (TPSA) is 18.5 Å². The zero-order valence-electron chi connectivity index (χ0n) is 19.4. The van der Waals surface area contributed by atoms with Crippen molar-refractivity contribution in [1.29, 1.82) is 0 Å². The molecule has 1 aliphatic heterocycles. The standard InChI is InChI=1S/C28H36F2O2/c1-3-5-19-6-8-22(9-7-19)25-16-14-23(18-32-25)20-10-12-21(13-11-20)24-15-17-26(31-4-2)28(30)27(24)29/h10-13,15,17,19,22-23,25H,3-9,14,16,18H2,1-2H3/t19?,22?,23-,25+/m0/s1. The first-order valence-corrected chi connectivity index (χ1v) is 12.4. The van der Waals surface area contributed by atoms with Gasteiger partial charge in [-0.25, -0.2) is 4.39 Å². The van der Waals surface area contributed by atoms with E-state index in [4.69, 9.17) is 9.47 Å². The van der Waals surface area contributed by atoms with Crippen LogP contribution in [0.5, 0.6) is 5.75 Å². The summed E-state index contributed by atoms with van der Waals surface area (Å²) < 4.78 is 40.3. The Kier molecular flexibility index (Phi) is 7.83. The van der Waals surface area contributed by atoms with E-state index < -0.39 is 11.6 Å². The SMILES string of the molecule is CCCC1CCC([C@H]2CC[C@H](c3ccc(-c4ccc(OCC)c(F)c4F)cc3)CO2)CC1. The molecule has 0 amide bonds. The van der Waals surface area contributed by atoms with Gasteiger partial charge in [0, 0.05) is 11.5 Å². The van der Waals surface area contributed by atoms with Crippen LogP contribution < -0.4 is 4.74 Å². The predicted octanol–water partition coefficient (Wildman–Crippen LogP) is 7.90. The molecular formula is C28H36F2O2. The minimum absolute atomic E-state index is 0.0434. The second-order valence-corrected chi connectivity index (χ2v) is 9.51. The summed E-state index contributed by atoms with van der Waals surface area (Å²) in [6.45, 7) is 5.09. The summed E-state index contributed by atoms with van der Waals surface area (Å²) in [4.78, 5) is 0. The van der Waals surface area contributed by atoms with Crippen LogP contribution in [0, 0.1) is 23.5 Å². The van der Waals surface area contributed by atoms with Crippen LogP contribution in [0.25, 0.3) is 11.1 Å². The molecule has 1 saturated carbocycles. The van der Waals surface area contributed by atoms with Gasteiger partial charge >= 0.3 is 0 Å². The average Bonchev–Trinajstić information content (AvgIpc) is 2.83. The number of ether oxygens (including phenoxy) is 2. The molecule has 0 unspecified atom stereocenters. The number of hydrogen-bond donors (Lipinski definition) is 0. The molecular weight excluding hydrogens is 406 g/mol. The van der Waals surface area contributed by atoms with E-state index in [9.17, 15) is 8.78 Å². The van der Waals surface area contributed by atoms with E-state index in [1.54, 1.807) is 13.0 Å². The Bertz CT molecular complexity index is 864. The van der Waals surface area contributed by atoms with Crippen molar-refractivity contribution in [3.63, 3.8) is 0 Å². The van der Waals surface area contributed by atoms with Gasteiger partial charge in [0.2, 0.25) is 5.82 Å². The van der Waals surface area contributed by atoms with Crippen LogP contribution in [0.1, 0.15) is 76.7 Å². The minimum atomic E-state index is -0.927. The molecule has 0 radical (unpaired) electrons. The third-order valence-electron chi connectivity index (χ3n) is 7.47. The van der Waals surface area contributed by atoms with Gasteiger partial charge in [-0.3, -0.25) is 0 Å². The summed E-state index contributed by atoms with van der Waals surface area (Å²) in [5.74, 6) is 0.200. The van der Waals surface area contributed by atoms with Gasteiger partial charge in [0.1, 0.15) is 0 Å². The predicted molar refractivity (Wildman–Crippen MR) is 125 cm³/mol. The molecule has 0 bridgehead atoms. The third kappa shape index (κ3) is 5.17. The first-order chi connectivity index (χ1) is 15.6. The molecule has 4 rings (SSSR count). The normalized spacial score (nSPS) is 26.1. The molecule has 2 aromatic carbocycles. The van der Waals surface area contributed by atoms with E-state index >= 15 is 0 Å². The number of rotatable bonds is 7. The van der Waals surface area contributed by atoms with Gasteiger partial charge in [-0.1, -0.05) is 56.9 Å². The van der Waals surface area contributed by atoms with Crippen LogP contribution in [-0.2, 0) is 4.74 Å². The summed E-state index contributed by atoms with van der Waals surface area (Å²) in [7, 11) is 0. The van der Waals surface area contributed by atoms with E-state index in [1.807, 2.05) is 24.3 Å². The van der Waals surface area contributed by atoms with Crippen molar-refractivity contribution in [3.05, 3.63) is 53.6 Å². The lowest BCUT2D eigenvalue weighted by molar-refractivity contribution is -0.0435. The third-order valence-corrected chi connectivity index (χ3v) is 7.47. The molecule has 1 aliphatic carbocycles. The van der Waals surface area contributed by atoms with Crippen LogP contribution in [0.15, 0.2) is 36.4 Å². The van der Waals surface area contributed by atoms with Crippen LogP contribution in [0.2, 0.25) is 0 Å². The lowest BCUT2D eigenvalue weighted by atomic mass is 9.75. The second kappa shape index (κ2) is 10.8.